The molecule has 1 heterocycles. The highest BCUT2D eigenvalue weighted by molar-refractivity contribution is 7.12. The van der Waals surface area contributed by atoms with Crippen LogP contribution in [-0.4, -0.2) is 17.4 Å². The van der Waals surface area contributed by atoms with Crippen molar-refractivity contribution in [3.05, 3.63) is 21.9 Å². The molecular weight excluding hydrogens is 248 g/mol. The number of hydrogen-bond donors (Lipinski definition) is 2. The van der Waals surface area contributed by atoms with Crippen molar-refractivity contribution in [1.29, 1.82) is 0 Å². The van der Waals surface area contributed by atoms with Crippen LogP contribution in [-0.2, 0) is 4.79 Å². The minimum Gasteiger partial charge on any atom is -0.368 e. The van der Waals surface area contributed by atoms with E-state index in [1.165, 1.54) is 11.3 Å². The molecule has 1 atom stereocenters. The molecule has 5 heteroatoms. The fourth-order valence-corrected chi connectivity index (χ4v) is 2.85. The van der Waals surface area contributed by atoms with Crippen LogP contribution in [0.1, 0.15) is 42.4 Å². The first-order valence-electron chi connectivity index (χ1n) is 6.01. The summed E-state index contributed by atoms with van der Waals surface area (Å²) in [6.07, 6.45) is 0.482. The molecule has 0 aromatic carbocycles. The van der Waals surface area contributed by atoms with Crippen LogP contribution in [0.2, 0.25) is 0 Å². The van der Waals surface area contributed by atoms with Gasteiger partial charge in [-0.3, -0.25) is 9.59 Å². The molecule has 0 bridgehead atoms. The largest absolute Gasteiger partial charge is 0.368 e. The first-order chi connectivity index (χ1) is 8.35. The summed E-state index contributed by atoms with van der Waals surface area (Å²) in [5.41, 5.74) is 5.41. The fraction of sp³-hybridized carbons (Fsp3) is 0.538. The van der Waals surface area contributed by atoms with Gasteiger partial charge in [-0.15, -0.1) is 11.3 Å². The Labute approximate surface area is 112 Å². The number of aryl methyl sites for hydroxylation is 1. The third kappa shape index (κ3) is 2.56. The summed E-state index contributed by atoms with van der Waals surface area (Å²) >= 11 is 1.37. The van der Waals surface area contributed by atoms with Crippen molar-refractivity contribution in [2.24, 2.45) is 11.7 Å². The Balaban J connectivity index is 3.02. The Kier molecular flexibility index (Phi) is 4.51. The number of primary amides is 1. The lowest BCUT2D eigenvalue weighted by Gasteiger charge is -2.34. The van der Waals surface area contributed by atoms with Gasteiger partial charge in [0.1, 0.15) is 5.54 Å². The van der Waals surface area contributed by atoms with E-state index in [-0.39, 0.29) is 11.8 Å². The number of carbonyl (C=O) groups is 2. The average Bonchev–Trinajstić information content (AvgIpc) is 2.71. The Morgan fingerprint density at radius 2 is 2.11 bits per heavy atom. The second-order valence-corrected chi connectivity index (χ2v) is 5.65. The zero-order chi connectivity index (χ0) is 13.9. The molecule has 4 nitrogen and oxygen atoms in total. The van der Waals surface area contributed by atoms with Gasteiger partial charge in [-0.05, 0) is 36.3 Å². The highest BCUT2D eigenvalue weighted by Crippen LogP contribution is 2.23. The fourth-order valence-electron chi connectivity index (χ4n) is 2.03. The average molecular weight is 268 g/mol. The van der Waals surface area contributed by atoms with E-state index in [1.807, 2.05) is 39.1 Å². The second-order valence-electron chi connectivity index (χ2n) is 4.73. The van der Waals surface area contributed by atoms with Crippen LogP contribution in [0.15, 0.2) is 11.4 Å². The summed E-state index contributed by atoms with van der Waals surface area (Å²) in [7, 11) is 0. The Hall–Kier alpha value is -1.36. The molecule has 0 aliphatic heterocycles. The molecule has 1 aromatic rings. The monoisotopic (exact) mass is 268 g/mol. The van der Waals surface area contributed by atoms with Crippen LogP contribution >= 0.6 is 11.3 Å². The van der Waals surface area contributed by atoms with Gasteiger partial charge in [-0.2, -0.15) is 0 Å². The van der Waals surface area contributed by atoms with Crippen molar-refractivity contribution >= 4 is 23.2 Å². The number of amides is 2. The number of hydrogen-bond acceptors (Lipinski definition) is 3. The number of nitrogens with two attached hydrogens (primary N) is 1. The Bertz CT molecular complexity index is 454. The molecule has 0 radical (unpaired) electrons. The van der Waals surface area contributed by atoms with Crippen molar-refractivity contribution in [2.45, 2.75) is 39.7 Å². The molecule has 0 aliphatic rings. The predicted molar refractivity (Wildman–Crippen MR) is 73.6 cm³/mol. The molecule has 18 heavy (non-hydrogen) atoms. The molecule has 0 fully saturated rings. The van der Waals surface area contributed by atoms with Crippen LogP contribution in [0.3, 0.4) is 0 Å². The number of carbonyl (C=O) groups excluding carboxylic acids is 2. The van der Waals surface area contributed by atoms with E-state index in [0.717, 1.165) is 5.56 Å². The SMILES string of the molecule is CC[C@](NC(=O)c1sccc1C)(C(N)=O)C(C)C. The van der Waals surface area contributed by atoms with Gasteiger partial charge < -0.3 is 11.1 Å². The molecule has 0 unspecified atom stereocenters. The van der Waals surface area contributed by atoms with Crippen LogP contribution < -0.4 is 11.1 Å². The minimum atomic E-state index is -0.979. The number of rotatable bonds is 5. The van der Waals surface area contributed by atoms with Gasteiger partial charge in [-0.1, -0.05) is 20.8 Å². The third-order valence-electron chi connectivity index (χ3n) is 3.39. The van der Waals surface area contributed by atoms with Crippen LogP contribution in [0.4, 0.5) is 0 Å². The molecule has 1 aromatic heterocycles. The topological polar surface area (TPSA) is 72.2 Å². The molecular formula is C13H20N2O2S. The van der Waals surface area contributed by atoms with E-state index in [9.17, 15) is 9.59 Å². The van der Waals surface area contributed by atoms with Crippen molar-refractivity contribution in [1.82, 2.24) is 5.32 Å². The first-order valence-corrected chi connectivity index (χ1v) is 6.89. The van der Waals surface area contributed by atoms with Gasteiger partial charge in [0.2, 0.25) is 5.91 Å². The van der Waals surface area contributed by atoms with Crippen molar-refractivity contribution < 1.29 is 9.59 Å². The first kappa shape index (κ1) is 14.7. The standard InChI is InChI=1S/C13H20N2O2S/c1-5-13(8(2)3,12(14)17)15-11(16)10-9(4)6-7-18-10/h6-8H,5H2,1-4H3,(H2,14,17)(H,15,16)/t13-/m1/s1. The number of nitrogens with one attached hydrogen (secondary N) is 1. The van der Waals surface area contributed by atoms with E-state index >= 15 is 0 Å². The highest BCUT2D eigenvalue weighted by Gasteiger charge is 2.40. The summed E-state index contributed by atoms with van der Waals surface area (Å²) in [5.74, 6) is -0.761. The van der Waals surface area contributed by atoms with E-state index in [2.05, 4.69) is 5.32 Å². The summed E-state index contributed by atoms with van der Waals surface area (Å²) in [6, 6.07) is 1.88. The maximum atomic E-state index is 12.2. The highest BCUT2D eigenvalue weighted by atomic mass is 32.1. The zero-order valence-electron chi connectivity index (χ0n) is 11.2. The minimum absolute atomic E-state index is 0.0516. The smallest absolute Gasteiger partial charge is 0.262 e. The Morgan fingerprint density at radius 3 is 2.44 bits per heavy atom. The van der Waals surface area contributed by atoms with Gasteiger partial charge in [0.05, 0.1) is 4.88 Å². The van der Waals surface area contributed by atoms with Crippen LogP contribution in [0, 0.1) is 12.8 Å². The lowest BCUT2D eigenvalue weighted by atomic mass is 9.83. The summed E-state index contributed by atoms with van der Waals surface area (Å²) < 4.78 is 0. The van der Waals surface area contributed by atoms with Gasteiger partial charge in [0.25, 0.3) is 5.91 Å². The molecule has 0 saturated carbocycles. The normalized spacial score (nSPS) is 14.3. The van der Waals surface area contributed by atoms with Crippen LogP contribution in [0.5, 0.6) is 0 Å². The summed E-state index contributed by atoms with van der Waals surface area (Å²) in [4.78, 5) is 24.5. The zero-order valence-corrected chi connectivity index (χ0v) is 12.1. The summed E-state index contributed by atoms with van der Waals surface area (Å²) in [6.45, 7) is 7.50. The lowest BCUT2D eigenvalue weighted by molar-refractivity contribution is -0.126. The van der Waals surface area contributed by atoms with Gasteiger partial charge in [0, 0.05) is 0 Å². The number of thiophene rings is 1. The molecule has 0 aliphatic carbocycles. The van der Waals surface area contributed by atoms with E-state index in [4.69, 9.17) is 5.73 Å². The third-order valence-corrected chi connectivity index (χ3v) is 4.40. The molecule has 100 valence electrons. The van der Waals surface area contributed by atoms with E-state index in [0.29, 0.717) is 11.3 Å². The van der Waals surface area contributed by atoms with Crippen molar-refractivity contribution in [3.8, 4) is 0 Å². The van der Waals surface area contributed by atoms with Crippen molar-refractivity contribution in [3.63, 3.8) is 0 Å². The van der Waals surface area contributed by atoms with Gasteiger partial charge >= 0.3 is 0 Å². The van der Waals surface area contributed by atoms with Crippen LogP contribution in [0.25, 0.3) is 0 Å². The maximum absolute atomic E-state index is 12.2. The lowest BCUT2D eigenvalue weighted by Crippen LogP contribution is -2.60. The van der Waals surface area contributed by atoms with Crippen molar-refractivity contribution in [2.75, 3.05) is 0 Å². The van der Waals surface area contributed by atoms with Gasteiger partial charge in [-0.25, -0.2) is 0 Å². The molecule has 0 saturated heterocycles. The molecule has 2 amide bonds. The maximum Gasteiger partial charge on any atom is 0.262 e. The van der Waals surface area contributed by atoms with Gasteiger partial charge in [0.15, 0.2) is 0 Å². The Morgan fingerprint density at radius 1 is 1.50 bits per heavy atom. The molecule has 3 N–H and O–H groups in total. The van der Waals surface area contributed by atoms with E-state index < -0.39 is 11.4 Å². The quantitative estimate of drug-likeness (QED) is 0.858. The predicted octanol–water partition coefficient (Wildman–Crippen LogP) is 2.08. The molecule has 0 spiro atoms. The summed E-state index contributed by atoms with van der Waals surface area (Å²) in [5, 5.41) is 4.68. The van der Waals surface area contributed by atoms with E-state index in [1.54, 1.807) is 0 Å². The second kappa shape index (κ2) is 5.52. The molecule has 1 rings (SSSR count).